The third-order valence-corrected chi connectivity index (χ3v) is 4.11. The normalized spacial score (nSPS) is 19.2. The molecule has 0 radical (unpaired) electrons. The Balaban J connectivity index is 1.48. The van der Waals surface area contributed by atoms with Crippen LogP contribution in [0.3, 0.4) is 0 Å². The van der Waals surface area contributed by atoms with Crippen LogP contribution in [0.25, 0.3) is 0 Å². The van der Waals surface area contributed by atoms with Gasteiger partial charge in [0.2, 0.25) is 5.91 Å². The molecule has 1 saturated carbocycles. The van der Waals surface area contributed by atoms with Crippen molar-refractivity contribution in [3.63, 3.8) is 0 Å². The van der Waals surface area contributed by atoms with Gasteiger partial charge in [-0.15, -0.1) is 0 Å². The highest BCUT2D eigenvalue weighted by Gasteiger charge is 2.37. The van der Waals surface area contributed by atoms with Gasteiger partial charge in [-0.05, 0) is 25.0 Å². The smallest absolute Gasteiger partial charge is 0.321 e. The quantitative estimate of drug-likeness (QED) is 0.750. The van der Waals surface area contributed by atoms with Gasteiger partial charge >= 0.3 is 12.0 Å². The molecule has 1 aliphatic carbocycles. The first-order chi connectivity index (χ1) is 12.4. The minimum Gasteiger partial charge on any atom is -0.455 e. The maximum Gasteiger partial charge on any atom is 0.321 e. The third kappa shape index (κ3) is 4.35. The molecule has 1 saturated heterocycles. The van der Waals surface area contributed by atoms with Crippen molar-refractivity contribution in [2.75, 3.05) is 18.1 Å². The van der Waals surface area contributed by atoms with Crippen LogP contribution in [0.2, 0.25) is 0 Å². The van der Waals surface area contributed by atoms with Crippen LogP contribution >= 0.6 is 0 Å². The fourth-order valence-electron chi connectivity index (χ4n) is 2.64. The lowest BCUT2D eigenvalue weighted by Crippen LogP contribution is -2.42. The van der Waals surface area contributed by atoms with E-state index < -0.39 is 42.2 Å². The molecule has 0 unspecified atom stereocenters. The standard InChI is InChI=1S/C17H18FN3O5/c18-12-3-1-2-4-13(12)21-8-10(7-15(21)23)16(24)26-9-14(22)20-17(25)19-11-5-6-11/h1-4,10-11H,5-9H2,(H2,19,20,22,25)/t10-/m0/s1. The van der Waals surface area contributed by atoms with Crippen LogP contribution in [-0.4, -0.2) is 43.0 Å². The van der Waals surface area contributed by atoms with Gasteiger partial charge in [0.15, 0.2) is 6.61 Å². The Bertz CT molecular complexity index is 750. The largest absolute Gasteiger partial charge is 0.455 e. The molecule has 1 atom stereocenters. The van der Waals surface area contributed by atoms with Crippen molar-refractivity contribution >= 4 is 29.5 Å². The fraction of sp³-hybridized carbons (Fsp3) is 0.412. The maximum atomic E-state index is 13.8. The molecule has 3 rings (SSSR count). The molecule has 9 heteroatoms. The van der Waals surface area contributed by atoms with E-state index in [4.69, 9.17) is 4.74 Å². The average Bonchev–Trinajstić information content (AvgIpc) is 3.32. The molecular formula is C17H18FN3O5. The van der Waals surface area contributed by atoms with Gasteiger partial charge < -0.3 is 15.0 Å². The summed E-state index contributed by atoms with van der Waals surface area (Å²) in [5.74, 6) is -3.25. The van der Waals surface area contributed by atoms with E-state index in [1.54, 1.807) is 6.07 Å². The molecule has 138 valence electrons. The van der Waals surface area contributed by atoms with Gasteiger partial charge in [-0.3, -0.25) is 19.7 Å². The molecule has 1 aromatic carbocycles. The molecule has 0 spiro atoms. The highest BCUT2D eigenvalue weighted by atomic mass is 19.1. The first-order valence-corrected chi connectivity index (χ1v) is 8.26. The predicted molar refractivity (Wildman–Crippen MR) is 87.5 cm³/mol. The third-order valence-electron chi connectivity index (χ3n) is 4.11. The molecule has 2 N–H and O–H groups in total. The van der Waals surface area contributed by atoms with E-state index >= 15 is 0 Å². The summed E-state index contributed by atoms with van der Waals surface area (Å²) in [5.41, 5.74) is 0.0993. The first kappa shape index (κ1) is 17.8. The zero-order valence-corrected chi connectivity index (χ0v) is 13.9. The second-order valence-electron chi connectivity index (χ2n) is 6.26. The highest BCUT2D eigenvalue weighted by Crippen LogP contribution is 2.27. The number of ether oxygens (including phenoxy) is 1. The van der Waals surface area contributed by atoms with E-state index in [1.165, 1.54) is 23.1 Å². The summed E-state index contributed by atoms with van der Waals surface area (Å²) in [7, 11) is 0. The molecule has 4 amide bonds. The summed E-state index contributed by atoms with van der Waals surface area (Å²) in [6, 6.07) is 5.24. The summed E-state index contributed by atoms with van der Waals surface area (Å²) >= 11 is 0. The molecule has 0 bridgehead atoms. The van der Waals surface area contributed by atoms with Crippen LogP contribution in [0, 0.1) is 11.7 Å². The van der Waals surface area contributed by atoms with Crippen molar-refractivity contribution in [3.8, 4) is 0 Å². The van der Waals surface area contributed by atoms with E-state index in [1.807, 2.05) is 0 Å². The molecule has 8 nitrogen and oxygen atoms in total. The van der Waals surface area contributed by atoms with Crippen LogP contribution in [0.4, 0.5) is 14.9 Å². The van der Waals surface area contributed by atoms with Crippen molar-refractivity contribution in [1.82, 2.24) is 10.6 Å². The Morgan fingerprint density at radius 2 is 1.96 bits per heavy atom. The van der Waals surface area contributed by atoms with Crippen molar-refractivity contribution < 1.29 is 28.3 Å². The lowest BCUT2D eigenvalue weighted by atomic mass is 10.1. The lowest BCUT2D eigenvalue weighted by Gasteiger charge is -2.17. The molecular weight excluding hydrogens is 345 g/mol. The van der Waals surface area contributed by atoms with Gasteiger partial charge in [0.1, 0.15) is 5.82 Å². The highest BCUT2D eigenvalue weighted by molar-refractivity contribution is 6.00. The van der Waals surface area contributed by atoms with E-state index in [0.29, 0.717) is 0 Å². The van der Waals surface area contributed by atoms with Crippen LogP contribution in [-0.2, 0) is 19.1 Å². The van der Waals surface area contributed by atoms with Gasteiger partial charge in [0.05, 0.1) is 11.6 Å². The topological polar surface area (TPSA) is 105 Å². The van der Waals surface area contributed by atoms with Crippen LogP contribution < -0.4 is 15.5 Å². The van der Waals surface area contributed by atoms with Gasteiger partial charge in [-0.1, -0.05) is 12.1 Å². The Labute approximate surface area is 148 Å². The predicted octanol–water partition coefficient (Wildman–Crippen LogP) is 0.710. The second kappa shape index (κ2) is 7.51. The number of amides is 4. The summed E-state index contributed by atoms with van der Waals surface area (Å²) in [6.07, 6.45) is 1.63. The Morgan fingerprint density at radius 1 is 1.23 bits per heavy atom. The number of nitrogens with one attached hydrogen (secondary N) is 2. The number of halogens is 1. The van der Waals surface area contributed by atoms with Gasteiger partial charge in [-0.25, -0.2) is 9.18 Å². The molecule has 0 aromatic heterocycles. The van der Waals surface area contributed by atoms with E-state index in [2.05, 4.69) is 10.6 Å². The number of carbonyl (C=O) groups is 4. The van der Waals surface area contributed by atoms with Crippen molar-refractivity contribution in [3.05, 3.63) is 30.1 Å². The van der Waals surface area contributed by atoms with E-state index in [0.717, 1.165) is 12.8 Å². The minimum absolute atomic E-state index is 0.0254. The zero-order valence-electron chi connectivity index (χ0n) is 13.9. The van der Waals surface area contributed by atoms with E-state index in [-0.39, 0.29) is 24.7 Å². The first-order valence-electron chi connectivity index (χ1n) is 8.26. The summed E-state index contributed by atoms with van der Waals surface area (Å²) in [4.78, 5) is 48.3. The molecule has 2 fully saturated rings. The fourth-order valence-corrected chi connectivity index (χ4v) is 2.64. The molecule has 2 aliphatic rings. The number of imide groups is 1. The zero-order chi connectivity index (χ0) is 18.7. The number of nitrogens with zero attached hydrogens (tertiary/aromatic N) is 1. The van der Waals surface area contributed by atoms with Crippen molar-refractivity contribution in [2.24, 2.45) is 5.92 Å². The SMILES string of the molecule is O=C(COC(=O)[C@H]1CC(=O)N(c2ccccc2F)C1)NC(=O)NC1CC1. The molecule has 1 aliphatic heterocycles. The number of rotatable bonds is 5. The van der Waals surface area contributed by atoms with Gasteiger partial charge in [0, 0.05) is 19.0 Å². The van der Waals surface area contributed by atoms with Crippen molar-refractivity contribution in [2.45, 2.75) is 25.3 Å². The molecule has 26 heavy (non-hydrogen) atoms. The minimum atomic E-state index is -0.796. The van der Waals surface area contributed by atoms with Crippen LogP contribution in [0.5, 0.6) is 0 Å². The number of carbonyl (C=O) groups excluding carboxylic acids is 4. The van der Waals surface area contributed by atoms with Gasteiger partial charge in [0.25, 0.3) is 5.91 Å². The Hall–Kier alpha value is -2.97. The number of hydrogen-bond acceptors (Lipinski definition) is 5. The number of hydrogen-bond donors (Lipinski definition) is 2. The number of esters is 1. The Morgan fingerprint density at radius 3 is 2.65 bits per heavy atom. The van der Waals surface area contributed by atoms with Crippen LogP contribution in [0.1, 0.15) is 19.3 Å². The number of para-hydroxylation sites is 1. The maximum absolute atomic E-state index is 13.8. The summed E-state index contributed by atoms with van der Waals surface area (Å²) < 4.78 is 18.7. The lowest BCUT2D eigenvalue weighted by molar-refractivity contribution is -0.152. The second-order valence-corrected chi connectivity index (χ2v) is 6.26. The summed E-state index contributed by atoms with van der Waals surface area (Å²) in [5, 5.41) is 4.62. The Kier molecular flexibility index (Phi) is 5.15. The number of urea groups is 1. The van der Waals surface area contributed by atoms with E-state index in [9.17, 15) is 23.6 Å². The van der Waals surface area contributed by atoms with Crippen LogP contribution in [0.15, 0.2) is 24.3 Å². The molecule has 1 heterocycles. The average molecular weight is 363 g/mol. The summed E-state index contributed by atoms with van der Waals surface area (Å²) in [6.45, 7) is -0.649. The monoisotopic (exact) mass is 363 g/mol. The number of anilines is 1. The number of benzene rings is 1. The molecule has 1 aromatic rings. The van der Waals surface area contributed by atoms with Crippen molar-refractivity contribution in [1.29, 1.82) is 0 Å². The van der Waals surface area contributed by atoms with Gasteiger partial charge in [-0.2, -0.15) is 0 Å².